The highest BCUT2D eigenvalue weighted by atomic mass is 35.5. The molecular formula is C25H26ClN3O4S. The second kappa shape index (κ2) is 11.2. The van der Waals surface area contributed by atoms with E-state index in [-0.39, 0.29) is 11.0 Å². The Labute approximate surface area is 205 Å². The molecule has 0 fully saturated rings. The van der Waals surface area contributed by atoms with Crippen molar-refractivity contribution < 1.29 is 17.9 Å². The Morgan fingerprint density at radius 2 is 1.74 bits per heavy atom. The van der Waals surface area contributed by atoms with Crippen LogP contribution in [0.4, 0.5) is 5.69 Å². The predicted octanol–water partition coefficient (Wildman–Crippen LogP) is 4.78. The first-order valence-corrected chi connectivity index (χ1v) is 12.4. The maximum atomic E-state index is 13.4. The van der Waals surface area contributed by atoms with Crippen LogP contribution < -0.4 is 14.5 Å². The first-order valence-electron chi connectivity index (χ1n) is 10.6. The molecule has 1 N–H and O–H groups in total. The number of hydrogen-bond acceptors (Lipinski definition) is 5. The zero-order valence-corrected chi connectivity index (χ0v) is 20.7. The van der Waals surface area contributed by atoms with Gasteiger partial charge in [-0.05, 0) is 80.4 Å². The van der Waals surface area contributed by atoms with Gasteiger partial charge in [-0.1, -0.05) is 35.9 Å². The fourth-order valence-electron chi connectivity index (χ4n) is 3.13. The number of halogens is 1. The van der Waals surface area contributed by atoms with E-state index in [2.05, 4.69) is 10.5 Å². The molecule has 0 unspecified atom stereocenters. The quantitative estimate of drug-likeness (QED) is 0.339. The lowest BCUT2D eigenvalue weighted by molar-refractivity contribution is -0.119. The number of ether oxygens (including phenoxy) is 1. The van der Waals surface area contributed by atoms with Crippen LogP contribution in [0.2, 0.25) is 5.02 Å². The Kier molecular flexibility index (Phi) is 8.31. The van der Waals surface area contributed by atoms with Crippen LogP contribution in [0.5, 0.6) is 5.75 Å². The van der Waals surface area contributed by atoms with Crippen LogP contribution in [0.15, 0.2) is 82.8 Å². The molecule has 1 amide bonds. The molecule has 3 aromatic rings. The summed E-state index contributed by atoms with van der Waals surface area (Å²) in [6, 6.07) is 20.0. The highest BCUT2D eigenvalue weighted by molar-refractivity contribution is 7.92. The van der Waals surface area contributed by atoms with Crippen molar-refractivity contribution in [2.24, 2.45) is 5.10 Å². The molecule has 0 bridgehead atoms. The molecule has 178 valence electrons. The van der Waals surface area contributed by atoms with Gasteiger partial charge in [-0.3, -0.25) is 9.10 Å². The minimum Gasteiger partial charge on any atom is -0.491 e. The van der Waals surface area contributed by atoms with Crippen LogP contribution >= 0.6 is 11.6 Å². The molecule has 34 heavy (non-hydrogen) atoms. The molecule has 0 aromatic heterocycles. The number of nitrogens with zero attached hydrogens (tertiary/aromatic N) is 2. The molecule has 0 saturated carbocycles. The summed E-state index contributed by atoms with van der Waals surface area (Å²) >= 11 is 6.23. The third-order valence-electron chi connectivity index (χ3n) is 4.78. The molecule has 0 spiro atoms. The van der Waals surface area contributed by atoms with Gasteiger partial charge in [0.15, 0.2) is 0 Å². The molecule has 3 rings (SSSR count). The number of carbonyl (C=O) groups excluding carboxylic acids is 1. The maximum absolute atomic E-state index is 13.4. The SMILES string of the molecule is Cc1c(Cl)cccc1N(CC(=O)N/N=C\c1ccc(OC(C)C)cc1)S(=O)(=O)c1ccccc1. The van der Waals surface area contributed by atoms with E-state index in [1.165, 1.54) is 18.3 Å². The topological polar surface area (TPSA) is 88.1 Å². The van der Waals surface area contributed by atoms with Crippen LogP contribution in [-0.2, 0) is 14.8 Å². The minimum absolute atomic E-state index is 0.0642. The van der Waals surface area contributed by atoms with Crippen molar-refractivity contribution in [3.05, 3.63) is 88.9 Å². The second-order valence-electron chi connectivity index (χ2n) is 7.74. The lowest BCUT2D eigenvalue weighted by Crippen LogP contribution is -2.40. The van der Waals surface area contributed by atoms with Crippen LogP contribution in [0.1, 0.15) is 25.0 Å². The zero-order chi connectivity index (χ0) is 24.7. The smallest absolute Gasteiger partial charge is 0.264 e. The summed E-state index contributed by atoms with van der Waals surface area (Å²) in [6.45, 7) is 5.11. The van der Waals surface area contributed by atoms with Crippen LogP contribution in [0.25, 0.3) is 0 Å². The van der Waals surface area contributed by atoms with Crippen LogP contribution in [0.3, 0.4) is 0 Å². The van der Waals surface area contributed by atoms with E-state index in [1.807, 2.05) is 13.8 Å². The van der Waals surface area contributed by atoms with Crippen molar-refractivity contribution >= 4 is 39.4 Å². The lowest BCUT2D eigenvalue weighted by atomic mass is 10.2. The summed E-state index contributed by atoms with van der Waals surface area (Å²) < 4.78 is 33.4. The Bertz CT molecular complexity index is 1260. The molecule has 0 aliphatic heterocycles. The highest BCUT2D eigenvalue weighted by Gasteiger charge is 2.28. The van der Waals surface area contributed by atoms with Crippen molar-refractivity contribution in [3.8, 4) is 5.75 Å². The van der Waals surface area contributed by atoms with Gasteiger partial charge >= 0.3 is 0 Å². The van der Waals surface area contributed by atoms with Gasteiger partial charge in [-0.15, -0.1) is 0 Å². The van der Waals surface area contributed by atoms with Crippen molar-refractivity contribution in [1.82, 2.24) is 5.43 Å². The molecule has 0 radical (unpaired) electrons. The zero-order valence-electron chi connectivity index (χ0n) is 19.1. The average molecular weight is 500 g/mol. The molecule has 0 heterocycles. The number of rotatable bonds is 9. The standard InChI is InChI=1S/C25H26ClN3O4S/c1-18(2)33-21-14-12-20(13-15-21)16-27-28-25(30)17-29(24-11-7-10-23(26)19(24)3)34(31,32)22-8-5-4-6-9-22/h4-16,18H,17H2,1-3H3,(H,28,30)/b27-16-. The molecule has 9 heteroatoms. The van der Waals surface area contributed by atoms with Crippen molar-refractivity contribution in [1.29, 1.82) is 0 Å². The largest absolute Gasteiger partial charge is 0.491 e. The third-order valence-corrected chi connectivity index (χ3v) is 6.96. The molecule has 3 aromatic carbocycles. The van der Waals surface area contributed by atoms with Gasteiger partial charge in [0.2, 0.25) is 0 Å². The van der Waals surface area contributed by atoms with E-state index in [0.717, 1.165) is 15.6 Å². The number of amides is 1. The van der Waals surface area contributed by atoms with E-state index in [4.69, 9.17) is 16.3 Å². The number of nitrogens with one attached hydrogen (secondary N) is 1. The summed E-state index contributed by atoms with van der Waals surface area (Å²) in [5.74, 6) is 0.129. The number of hydrogen-bond donors (Lipinski definition) is 1. The second-order valence-corrected chi connectivity index (χ2v) is 10.0. The fourth-order valence-corrected chi connectivity index (χ4v) is 4.80. The van der Waals surface area contributed by atoms with Gasteiger partial charge < -0.3 is 4.74 Å². The lowest BCUT2D eigenvalue weighted by Gasteiger charge is -2.25. The van der Waals surface area contributed by atoms with E-state index in [0.29, 0.717) is 16.3 Å². The third kappa shape index (κ3) is 6.36. The molecular weight excluding hydrogens is 474 g/mol. The van der Waals surface area contributed by atoms with Gasteiger partial charge in [0.05, 0.1) is 22.9 Å². The van der Waals surface area contributed by atoms with Crippen molar-refractivity contribution in [2.45, 2.75) is 31.8 Å². The van der Waals surface area contributed by atoms with Gasteiger partial charge in [0.25, 0.3) is 15.9 Å². The molecule has 0 atom stereocenters. The van der Waals surface area contributed by atoms with Gasteiger partial charge in [-0.25, -0.2) is 13.8 Å². The Hall–Kier alpha value is -3.36. The summed E-state index contributed by atoms with van der Waals surface area (Å²) in [7, 11) is -4.03. The minimum atomic E-state index is -4.03. The summed E-state index contributed by atoms with van der Waals surface area (Å²) in [6.07, 6.45) is 1.54. The number of sulfonamides is 1. The molecule has 0 aliphatic carbocycles. The monoisotopic (exact) mass is 499 g/mol. The molecule has 0 aliphatic rings. The van der Waals surface area contributed by atoms with Crippen LogP contribution in [-0.4, -0.2) is 33.2 Å². The molecule has 7 nitrogen and oxygen atoms in total. The first kappa shape index (κ1) is 25.3. The summed E-state index contributed by atoms with van der Waals surface area (Å²) in [4.78, 5) is 12.7. The number of carbonyl (C=O) groups is 1. The summed E-state index contributed by atoms with van der Waals surface area (Å²) in [5.41, 5.74) is 4.00. The Morgan fingerprint density at radius 3 is 2.38 bits per heavy atom. The average Bonchev–Trinajstić information content (AvgIpc) is 2.81. The van der Waals surface area contributed by atoms with Crippen molar-refractivity contribution in [2.75, 3.05) is 10.8 Å². The van der Waals surface area contributed by atoms with Gasteiger partial charge in [0, 0.05) is 5.02 Å². The number of benzene rings is 3. The van der Waals surface area contributed by atoms with E-state index in [1.54, 1.807) is 67.6 Å². The maximum Gasteiger partial charge on any atom is 0.264 e. The Morgan fingerprint density at radius 1 is 1.06 bits per heavy atom. The number of hydrazone groups is 1. The number of anilines is 1. The summed E-state index contributed by atoms with van der Waals surface area (Å²) in [5, 5.41) is 4.36. The highest BCUT2D eigenvalue weighted by Crippen LogP contribution is 2.30. The van der Waals surface area contributed by atoms with Gasteiger partial charge in [0.1, 0.15) is 12.3 Å². The van der Waals surface area contributed by atoms with E-state index in [9.17, 15) is 13.2 Å². The van der Waals surface area contributed by atoms with Crippen LogP contribution in [0, 0.1) is 6.92 Å². The fraction of sp³-hybridized carbons (Fsp3) is 0.200. The van der Waals surface area contributed by atoms with Gasteiger partial charge in [-0.2, -0.15) is 5.10 Å². The normalized spacial score (nSPS) is 11.6. The Balaban J connectivity index is 1.79. The van der Waals surface area contributed by atoms with Crippen molar-refractivity contribution in [3.63, 3.8) is 0 Å². The predicted molar refractivity (Wildman–Crippen MR) is 135 cm³/mol. The molecule has 0 saturated heterocycles. The first-order chi connectivity index (χ1) is 16.2. The van der Waals surface area contributed by atoms with E-state index >= 15 is 0 Å². The van der Waals surface area contributed by atoms with E-state index < -0.39 is 22.5 Å².